The van der Waals surface area contributed by atoms with E-state index in [1.54, 1.807) is 0 Å². The van der Waals surface area contributed by atoms with E-state index < -0.39 is 11.7 Å². The van der Waals surface area contributed by atoms with Gasteiger partial charge in [-0.15, -0.1) is 0 Å². The van der Waals surface area contributed by atoms with Gasteiger partial charge in [0.15, 0.2) is 0 Å². The van der Waals surface area contributed by atoms with Crippen molar-refractivity contribution >= 4 is 12.1 Å². The first-order valence-electron chi connectivity index (χ1n) is 7.48. The third kappa shape index (κ3) is 2.51. The number of aliphatic hydroxyl groups excluding tert-OH is 1. The van der Waals surface area contributed by atoms with E-state index in [4.69, 9.17) is 4.74 Å². The highest BCUT2D eigenvalue weighted by Crippen LogP contribution is 2.44. The number of ether oxygens (including phenoxy) is 1. The van der Waals surface area contributed by atoms with E-state index in [0.29, 0.717) is 6.41 Å². The van der Waals surface area contributed by atoms with Crippen molar-refractivity contribution in [2.75, 3.05) is 18.4 Å². The summed E-state index contributed by atoms with van der Waals surface area (Å²) >= 11 is 0. The fourth-order valence-electron chi connectivity index (χ4n) is 3.34. The highest BCUT2D eigenvalue weighted by Gasteiger charge is 2.45. The number of amides is 1. The Morgan fingerprint density at radius 2 is 2.10 bits per heavy atom. The first kappa shape index (κ1) is 14.4. The molecule has 5 heteroatoms. The average Bonchev–Trinajstić information content (AvgIpc) is 2.95. The van der Waals surface area contributed by atoms with Gasteiger partial charge in [-0.1, -0.05) is 0 Å². The number of hydrogen-bond donors (Lipinski definition) is 2. The molecule has 0 radical (unpaired) electrons. The Labute approximate surface area is 124 Å². The molecule has 3 rings (SSSR count). The summed E-state index contributed by atoms with van der Waals surface area (Å²) in [7, 11) is 0. The summed E-state index contributed by atoms with van der Waals surface area (Å²) in [4.78, 5) is 13.0. The Morgan fingerprint density at radius 3 is 2.76 bits per heavy atom. The molecule has 0 saturated carbocycles. The third-order valence-electron chi connectivity index (χ3n) is 4.47. The van der Waals surface area contributed by atoms with Crippen LogP contribution in [0.4, 0.5) is 5.69 Å². The van der Waals surface area contributed by atoms with Crippen LogP contribution in [-0.4, -0.2) is 41.2 Å². The smallest absolute Gasteiger partial charge is 0.211 e. The van der Waals surface area contributed by atoms with Crippen molar-refractivity contribution < 1.29 is 14.6 Å². The SMILES string of the molecule is CC1(C)Oc2ccc(NC=O)cc2[C@H](N2CCCC2)[C@H]1O. The summed E-state index contributed by atoms with van der Waals surface area (Å²) in [6.07, 6.45) is 2.38. The second kappa shape index (κ2) is 5.31. The molecule has 1 amide bonds. The maximum absolute atomic E-state index is 10.8. The molecule has 0 spiro atoms. The van der Waals surface area contributed by atoms with Gasteiger partial charge in [0.1, 0.15) is 17.5 Å². The molecule has 2 N–H and O–H groups in total. The fraction of sp³-hybridized carbons (Fsp3) is 0.562. The minimum Gasteiger partial charge on any atom is -0.485 e. The minimum absolute atomic E-state index is 0.0837. The number of nitrogens with zero attached hydrogens (tertiary/aromatic N) is 1. The van der Waals surface area contributed by atoms with E-state index >= 15 is 0 Å². The zero-order valence-corrected chi connectivity index (χ0v) is 12.5. The summed E-state index contributed by atoms with van der Waals surface area (Å²) in [6.45, 7) is 5.81. The Balaban J connectivity index is 2.04. The molecule has 0 bridgehead atoms. The molecule has 5 nitrogen and oxygen atoms in total. The summed E-state index contributed by atoms with van der Waals surface area (Å²) in [5.41, 5.74) is 1.05. The number of likely N-dealkylation sites (tertiary alicyclic amines) is 1. The number of benzene rings is 1. The molecule has 1 aromatic rings. The minimum atomic E-state index is -0.625. The molecule has 1 aromatic carbocycles. The molecule has 2 heterocycles. The number of aliphatic hydroxyl groups is 1. The second-order valence-electron chi connectivity index (χ2n) is 6.35. The van der Waals surface area contributed by atoms with E-state index in [2.05, 4.69) is 10.2 Å². The van der Waals surface area contributed by atoms with E-state index in [1.165, 1.54) is 0 Å². The van der Waals surface area contributed by atoms with Gasteiger partial charge >= 0.3 is 0 Å². The molecule has 114 valence electrons. The second-order valence-corrected chi connectivity index (χ2v) is 6.35. The standard InChI is InChI=1S/C16H22N2O3/c1-16(2)15(20)14(18-7-3-4-8-18)12-9-11(17-10-19)5-6-13(12)21-16/h5-6,9-10,14-15,20H,3-4,7-8H2,1-2H3,(H,17,19)/t14-,15+/m0/s1. The first-order chi connectivity index (χ1) is 10.0. The predicted molar refractivity (Wildman–Crippen MR) is 80.4 cm³/mol. The quantitative estimate of drug-likeness (QED) is 0.835. The van der Waals surface area contributed by atoms with Crippen LogP contribution in [0.3, 0.4) is 0 Å². The van der Waals surface area contributed by atoms with Gasteiger partial charge in [0, 0.05) is 11.3 Å². The lowest BCUT2D eigenvalue weighted by Gasteiger charge is -2.45. The summed E-state index contributed by atoms with van der Waals surface area (Å²) in [5, 5.41) is 13.4. The van der Waals surface area contributed by atoms with E-state index in [9.17, 15) is 9.90 Å². The lowest BCUT2D eigenvalue weighted by atomic mass is 9.85. The van der Waals surface area contributed by atoms with Gasteiger partial charge < -0.3 is 15.2 Å². The Kier molecular flexibility index (Phi) is 3.63. The van der Waals surface area contributed by atoms with Gasteiger partial charge in [-0.3, -0.25) is 9.69 Å². The largest absolute Gasteiger partial charge is 0.485 e. The Bertz CT molecular complexity index is 538. The highest BCUT2D eigenvalue weighted by molar-refractivity contribution is 5.72. The molecular weight excluding hydrogens is 268 g/mol. The summed E-state index contributed by atoms with van der Waals surface area (Å²) < 4.78 is 5.96. The average molecular weight is 290 g/mol. The van der Waals surface area contributed by atoms with Crippen molar-refractivity contribution in [3.63, 3.8) is 0 Å². The van der Waals surface area contributed by atoms with Crippen LogP contribution in [0.15, 0.2) is 18.2 Å². The number of hydrogen-bond acceptors (Lipinski definition) is 4. The molecule has 0 unspecified atom stereocenters. The van der Waals surface area contributed by atoms with E-state index in [1.807, 2.05) is 32.0 Å². The van der Waals surface area contributed by atoms with Crippen LogP contribution in [0.5, 0.6) is 5.75 Å². The van der Waals surface area contributed by atoms with Crippen LogP contribution < -0.4 is 10.1 Å². The van der Waals surface area contributed by atoms with Crippen LogP contribution in [0.1, 0.15) is 38.3 Å². The molecule has 1 saturated heterocycles. The molecular formula is C16H22N2O3. The van der Waals surface area contributed by atoms with Gasteiger partial charge in [0.2, 0.25) is 6.41 Å². The zero-order valence-electron chi connectivity index (χ0n) is 12.5. The van der Waals surface area contributed by atoms with Gasteiger partial charge in [0.25, 0.3) is 0 Å². The highest BCUT2D eigenvalue weighted by atomic mass is 16.5. The van der Waals surface area contributed by atoms with Crippen molar-refractivity contribution in [1.82, 2.24) is 4.90 Å². The van der Waals surface area contributed by atoms with Gasteiger partial charge in [-0.05, 0) is 58.0 Å². The molecule has 21 heavy (non-hydrogen) atoms. The maximum Gasteiger partial charge on any atom is 0.211 e. The molecule has 0 aromatic heterocycles. The Hall–Kier alpha value is -1.59. The molecule has 1 fully saturated rings. The number of carbonyl (C=O) groups is 1. The number of fused-ring (bicyclic) bond motifs is 1. The van der Waals surface area contributed by atoms with Crippen LogP contribution in [-0.2, 0) is 4.79 Å². The van der Waals surface area contributed by atoms with Crippen molar-refractivity contribution in [2.45, 2.75) is 44.4 Å². The van der Waals surface area contributed by atoms with Crippen molar-refractivity contribution in [2.24, 2.45) is 0 Å². The van der Waals surface area contributed by atoms with Gasteiger partial charge in [-0.2, -0.15) is 0 Å². The van der Waals surface area contributed by atoms with Gasteiger partial charge in [-0.25, -0.2) is 0 Å². The monoisotopic (exact) mass is 290 g/mol. The molecule has 2 atom stereocenters. The lowest BCUT2D eigenvalue weighted by molar-refractivity contribution is -0.105. The fourth-order valence-corrected chi connectivity index (χ4v) is 3.34. The number of anilines is 1. The first-order valence-corrected chi connectivity index (χ1v) is 7.48. The Morgan fingerprint density at radius 1 is 1.38 bits per heavy atom. The number of rotatable bonds is 3. The van der Waals surface area contributed by atoms with Crippen LogP contribution >= 0.6 is 0 Å². The van der Waals surface area contributed by atoms with Crippen LogP contribution in [0.25, 0.3) is 0 Å². The third-order valence-corrected chi connectivity index (χ3v) is 4.47. The topological polar surface area (TPSA) is 61.8 Å². The zero-order chi connectivity index (χ0) is 15.0. The number of carbonyl (C=O) groups excluding carboxylic acids is 1. The van der Waals surface area contributed by atoms with Crippen molar-refractivity contribution in [1.29, 1.82) is 0 Å². The summed E-state index contributed by atoms with van der Waals surface area (Å²) in [6, 6.07) is 5.52. The van der Waals surface area contributed by atoms with E-state index in [-0.39, 0.29) is 6.04 Å². The van der Waals surface area contributed by atoms with Crippen LogP contribution in [0.2, 0.25) is 0 Å². The van der Waals surface area contributed by atoms with Crippen molar-refractivity contribution in [3.05, 3.63) is 23.8 Å². The number of nitrogens with one attached hydrogen (secondary N) is 1. The predicted octanol–water partition coefficient (Wildman–Crippen LogP) is 1.92. The molecule has 2 aliphatic rings. The van der Waals surface area contributed by atoms with Crippen molar-refractivity contribution in [3.8, 4) is 5.75 Å². The summed E-state index contributed by atoms with van der Waals surface area (Å²) in [5.74, 6) is 0.790. The van der Waals surface area contributed by atoms with Gasteiger partial charge in [0.05, 0.1) is 6.04 Å². The lowest BCUT2D eigenvalue weighted by Crippen LogP contribution is -2.53. The maximum atomic E-state index is 10.8. The van der Waals surface area contributed by atoms with Crippen LogP contribution in [0, 0.1) is 0 Å². The van der Waals surface area contributed by atoms with E-state index in [0.717, 1.165) is 42.9 Å². The molecule has 0 aliphatic carbocycles. The normalized spacial score (nSPS) is 27.8. The molecule has 2 aliphatic heterocycles.